The zero-order valence-electron chi connectivity index (χ0n) is 34.4. The number of aromatic amines is 1. The van der Waals surface area contributed by atoms with Gasteiger partial charge in [-0.1, -0.05) is 35.7 Å². The number of hydrogen-bond acceptors (Lipinski definition) is 12. The lowest BCUT2D eigenvalue weighted by Crippen LogP contribution is -2.47. The number of carbonyl (C=O) groups excluding carboxylic acids is 1. The highest BCUT2D eigenvalue weighted by molar-refractivity contribution is 7.90. The number of anilines is 2. The van der Waals surface area contributed by atoms with Crippen molar-refractivity contribution in [2.75, 3.05) is 69.3 Å². The Hall–Kier alpha value is -5.59. The van der Waals surface area contributed by atoms with Crippen LogP contribution in [0.2, 0.25) is 5.02 Å². The van der Waals surface area contributed by atoms with E-state index in [9.17, 15) is 23.3 Å². The number of nitro benzene ring substituents is 1. The van der Waals surface area contributed by atoms with Crippen LogP contribution in [0.15, 0.2) is 89.6 Å². The number of halogens is 2. The number of rotatable bonds is 13. The molecule has 9 rings (SSSR count). The van der Waals surface area contributed by atoms with Gasteiger partial charge in [0.05, 0.1) is 53.2 Å². The van der Waals surface area contributed by atoms with E-state index in [-0.39, 0.29) is 35.5 Å². The standard InChI is InChI=1S/C45H47ClFN7O8S/c46-32-4-2-29(3-5-32)37-24-45(10-1-11-45)12-8-31(37)27-52-14-16-53(17-15-52)40-23-42(62-33-20-30-9-13-48-43(30)50-25-33)36(22-38(40)47)44(55)51-63(58,59)35-6-7-39(41(21-35)54(56)57)49-26-34-28-60-18-19-61-34/h2-7,9,13,20-23,25,34,49H,1,8,10-12,14-19,24,26-28H2,(H,48,50)(H,51,55). The molecule has 18 heteroatoms. The molecule has 1 saturated carbocycles. The first kappa shape index (κ1) is 42.7. The van der Waals surface area contributed by atoms with Crippen LogP contribution in [0, 0.1) is 21.3 Å². The van der Waals surface area contributed by atoms with Gasteiger partial charge in [0.25, 0.3) is 21.6 Å². The van der Waals surface area contributed by atoms with E-state index in [1.165, 1.54) is 60.7 Å². The van der Waals surface area contributed by atoms with Gasteiger partial charge in [-0.25, -0.2) is 22.5 Å². The number of benzene rings is 3. The molecule has 15 nitrogen and oxygen atoms in total. The van der Waals surface area contributed by atoms with Gasteiger partial charge in [0.15, 0.2) is 0 Å². The van der Waals surface area contributed by atoms with Crippen LogP contribution < -0.4 is 19.7 Å². The molecule has 4 aliphatic rings. The summed E-state index contributed by atoms with van der Waals surface area (Å²) < 4.78 is 62.7. The van der Waals surface area contributed by atoms with E-state index in [2.05, 4.69) is 32.3 Å². The van der Waals surface area contributed by atoms with Crippen molar-refractivity contribution in [3.05, 3.63) is 117 Å². The van der Waals surface area contributed by atoms with Crippen LogP contribution >= 0.6 is 11.6 Å². The molecule has 0 radical (unpaired) electrons. The number of amides is 1. The van der Waals surface area contributed by atoms with Crippen molar-refractivity contribution in [1.82, 2.24) is 19.6 Å². The fourth-order valence-electron chi connectivity index (χ4n) is 9.05. The number of piperazine rings is 1. The maximum atomic E-state index is 16.3. The Labute approximate surface area is 368 Å². The van der Waals surface area contributed by atoms with Gasteiger partial charge in [-0.05, 0) is 91.1 Å². The number of allylic oxidation sites excluding steroid dienone is 1. The van der Waals surface area contributed by atoms with Crippen molar-refractivity contribution in [3.8, 4) is 11.5 Å². The molecule has 3 fully saturated rings. The third-order valence-corrected chi connectivity index (χ3v) is 14.3. The summed E-state index contributed by atoms with van der Waals surface area (Å²) in [5, 5.41) is 16.4. The Balaban J connectivity index is 0.944. The van der Waals surface area contributed by atoms with E-state index in [1.807, 2.05) is 21.8 Å². The molecular formula is C45H47ClFN7O8S. The fraction of sp³-hybridized carbons (Fsp3) is 0.378. The predicted molar refractivity (Wildman–Crippen MR) is 237 cm³/mol. The summed E-state index contributed by atoms with van der Waals surface area (Å²) in [5.74, 6) is -1.83. The van der Waals surface area contributed by atoms with Crippen LogP contribution in [0.25, 0.3) is 16.6 Å². The molecule has 0 bridgehead atoms. The van der Waals surface area contributed by atoms with Gasteiger partial charge in [0, 0.05) is 68.0 Å². The maximum Gasteiger partial charge on any atom is 0.293 e. The Morgan fingerprint density at radius 3 is 2.59 bits per heavy atom. The number of nitrogens with one attached hydrogen (secondary N) is 3. The van der Waals surface area contributed by atoms with Crippen molar-refractivity contribution in [3.63, 3.8) is 0 Å². The van der Waals surface area contributed by atoms with Gasteiger partial charge >= 0.3 is 0 Å². The molecule has 3 aromatic carbocycles. The summed E-state index contributed by atoms with van der Waals surface area (Å²) in [6.07, 6.45) is 9.92. The molecule has 1 amide bonds. The summed E-state index contributed by atoms with van der Waals surface area (Å²) in [6.45, 7) is 4.43. The van der Waals surface area contributed by atoms with Crippen molar-refractivity contribution >= 4 is 61.2 Å². The number of sulfonamides is 1. The number of hydrogen-bond donors (Lipinski definition) is 3. The highest BCUT2D eigenvalue weighted by Crippen LogP contribution is 2.55. The normalized spacial score (nSPS) is 19.2. The monoisotopic (exact) mass is 899 g/mol. The predicted octanol–water partition coefficient (Wildman–Crippen LogP) is 7.93. The number of ether oxygens (including phenoxy) is 3. The highest BCUT2D eigenvalue weighted by Gasteiger charge is 2.41. The van der Waals surface area contributed by atoms with Crippen molar-refractivity contribution in [1.29, 1.82) is 0 Å². The number of nitrogens with zero attached hydrogens (tertiary/aromatic N) is 4. The fourth-order valence-corrected chi connectivity index (χ4v) is 10.2. The SMILES string of the molecule is O=C(NS(=O)(=O)c1ccc(NCC2COCCO2)c([N+](=O)[O-])c1)c1cc(F)c(N2CCN(CC3=C(c4ccc(Cl)cc4)CC4(CCC4)CC3)CC2)cc1Oc1cnc2[nH]ccc2c1. The second-order valence-electron chi connectivity index (χ2n) is 16.7. The molecule has 5 aromatic rings. The van der Waals surface area contributed by atoms with E-state index in [0.717, 1.165) is 37.6 Å². The molecule has 330 valence electrons. The van der Waals surface area contributed by atoms with Gasteiger partial charge < -0.3 is 29.4 Å². The number of aromatic nitrogens is 2. The quantitative estimate of drug-likeness (QED) is 0.0768. The van der Waals surface area contributed by atoms with E-state index in [1.54, 1.807) is 18.3 Å². The summed E-state index contributed by atoms with van der Waals surface area (Å²) in [7, 11) is -4.71. The summed E-state index contributed by atoms with van der Waals surface area (Å²) >= 11 is 6.26. The average molecular weight is 900 g/mol. The number of nitro groups is 1. The van der Waals surface area contributed by atoms with Gasteiger partial charge in [-0.3, -0.25) is 19.8 Å². The first-order chi connectivity index (χ1) is 30.4. The zero-order chi connectivity index (χ0) is 43.7. The van der Waals surface area contributed by atoms with E-state index in [0.29, 0.717) is 67.5 Å². The molecule has 4 heterocycles. The summed E-state index contributed by atoms with van der Waals surface area (Å²) in [6, 6.07) is 17.2. The van der Waals surface area contributed by atoms with Crippen molar-refractivity contribution in [2.24, 2.45) is 5.41 Å². The highest BCUT2D eigenvalue weighted by atomic mass is 35.5. The minimum Gasteiger partial charge on any atom is -0.455 e. The number of carbonyl (C=O) groups is 1. The Kier molecular flexibility index (Phi) is 12.1. The third-order valence-electron chi connectivity index (χ3n) is 12.7. The largest absolute Gasteiger partial charge is 0.455 e. The first-order valence-corrected chi connectivity index (χ1v) is 23.0. The number of H-pyrrole nitrogens is 1. The van der Waals surface area contributed by atoms with Crippen LogP contribution in [0.5, 0.6) is 11.5 Å². The Morgan fingerprint density at radius 2 is 1.86 bits per heavy atom. The van der Waals surface area contributed by atoms with Gasteiger partial charge in [0.2, 0.25) is 0 Å². The molecular weight excluding hydrogens is 853 g/mol. The zero-order valence-corrected chi connectivity index (χ0v) is 36.0. The molecule has 2 aliphatic carbocycles. The minimum absolute atomic E-state index is 0.0530. The second-order valence-corrected chi connectivity index (χ2v) is 18.8. The smallest absolute Gasteiger partial charge is 0.293 e. The lowest BCUT2D eigenvalue weighted by Gasteiger charge is -2.47. The summed E-state index contributed by atoms with van der Waals surface area (Å²) in [5.41, 5.74) is 4.38. The molecule has 1 spiro atoms. The van der Waals surface area contributed by atoms with Crippen LogP contribution in [-0.2, 0) is 19.5 Å². The molecule has 2 aromatic heterocycles. The second kappa shape index (κ2) is 17.9. The summed E-state index contributed by atoms with van der Waals surface area (Å²) in [4.78, 5) is 36.3. The van der Waals surface area contributed by atoms with Crippen LogP contribution in [0.1, 0.15) is 54.4 Å². The molecule has 63 heavy (non-hydrogen) atoms. The first-order valence-electron chi connectivity index (χ1n) is 21.1. The van der Waals surface area contributed by atoms with Crippen LogP contribution in [0.4, 0.5) is 21.5 Å². The van der Waals surface area contributed by atoms with Crippen molar-refractivity contribution in [2.45, 2.75) is 49.5 Å². The Morgan fingerprint density at radius 1 is 1.05 bits per heavy atom. The molecule has 2 saturated heterocycles. The molecule has 3 N–H and O–H groups in total. The minimum atomic E-state index is -4.71. The van der Waals surface area contributed by atoms with Crippen LogP contribution in [-0.4, -0.2) is 99.3 Å². The number of pyridine rings is 1. The third kappa shape index (κ3) is 9.38. The molecule has 1 atom stereocenters. The lowest BCUT2D eigenvalue weighted by atomic mass is 9.59. The molecule has 1 unspecified atom stereocenters. The molecule has 2 aliphatic heterocycles. The average Bonchev–Trinajstić information content (AvgIpc) is 3.75. The van der Waals surface area contributed by atoms with E-state index in [4.69, 9.17) is 25.8 Å². The Bertz CT molecular complexity index is 2680. The van der Waals surface area contributed by atoms with E-state index < -0.39 is 42.8 Å². The maximum absolute atomic E-state index is 16.3. The van der Waals surface area contributed by atoms with Crippen molar-refractivity contribution < 1.29 is 36.7 Å². The van der Waals surface area contributed by atoms with Gasteiger partial charge in [0.1, 0.15) is 28.7 Å². The van der Waals surface area contributed by atoms with Gasteiger partial charge in [-0.15, -0.1) is 0 Å². The lowest BCUT2D eigenvalue weighted by molar-refractivity contribution is -0.384. The van der Waals surface area contributed by atoms with E-state index >= 15 is 4.39 Å². The topological polar surface area (TPSA) is 181 Å². The van der Waals surface area contributed by atoms with Crippen LogP contribution in [0.3, 0.4) is 0 Å². The number of fused-ring (bicyclic) bond motifs is 1. The van der Waals surface area contributed by atoms with Gasteiger partial charge in [-0.2, -0.15) is 0 Å².